The number of nitrogens with zero attached hydrogens (tertiary/aromatic N) is 4. The molecule has 6 nitrogen and oxygen atoms in total. The quantitative estimate of drug-likeness (QED) is 0.866. The summed E-state index contributed by atoms with van der Waals surface area (Å²) < 4.78 is 0. The van der Waals surface area contributed by atoms with Crippen molar-refractivity contribution in [1.29, 1.82) is 0 Å². The fourth-order valence-corrected chi connectivity index (χ4v) is 3.55. The molecule has 0 aromatic carbocycles. The van der Waals surface area contributed by atoms with E-state index in [2.05, 4.69) is 32.4 Å². The van der Waals surface area contributed by atoms with E-state index in [1.54, 1.807) is 17.8 Å². The number of hydrogen-bond acceptors (Lipinski definition) is 6. The number of carbonyl (C=O) groups is 1. The SMILES string of the molecule is CN(CCC1CCCCC1)c1ccc(C(=O)Nc2nncs2)cn1. The maximum atomic E-state index is 12.1. The van der Waals surface area contributed by atoms with Crippen LogP contribution in [0.5, 0.6) is 0 Å². The highest BCUT2D eigenvalue weighted by atomic mass is 32.1. The first-order valence-electron chi connectivity index (χ1n) is 8.47. The van der Waals surface area contributed by atoms with Crippen LogP contribution in [0.15, 0.2) is 23.8 Å². The van der Waals surface area contributed by atoms with E-state index in [4.69, 9.17) is 0 Å². The molecule has 1 N–H and O–H groups in total. The molecule has 24 heavy (non-hydrogen) atoms. The Kier molecular flexibility index (Phi) is 5.74. The van der Waals surface area contributed by atoms with Crippen LogP contribution in [0.4, 0.5) is 10.9 Å². The summed E-state index contributed by atoms with van der Waals surface area (Å²) in [5, 5.41) is 10.7. The zero-order valence-corrected chi connectivity index (χ0v) is 14.8. The van der Waals surface area contributed by atoms with Crippen molar-refractivity contribution < 1.29 is 4.79 Å². The number of anilines is 2. The highest BCUT2D eigenvalue weighted by molar-refractivity contribution is 7.13. The molecule has 0 aliphatic heterocycles. The maximum Gasteiger partial charge on any atom is 0.259 e. The van der Waals surface area contributed by atoms with E-state index in [0.29, 0.717) is 10.7 Å². The van der Waals surface area contributed by atoms with Crippen molar-refractivity contribution in [2.45, 2.75) is 38.5 Å². The van der Waals surface area contributed by atoms with Crippen molar-refractivity contribution in [3.8, 4) is 0 Å². The first kappa shape index (κ1) is 16.8. The topological polar surface area (TPSA) is 71.0 Å². The third-order valence-corrected chi connectivity index (χ3v) is 5.19. The van der Waals surface area contributed by atoms with Crippen LogP contribution < -0.4 is 10.2 Å². The molecule has 7 heteroatoms. The second-order valence-electron chi connectivity index (χ2n) is 6.32. The minimum Gasteiger partial charge on any atom is -0.360 e. The van der Waals surface area contributed by atoms with Crippen LogP contribution >= 0.6 is 11.3 Å². The Bertz CT molecular complexity index is 638. The average molecular weight is 345 g/mol. The fraction of sp³-hybridized carbons (Fsp3) is 0.529. The molecule has 1 amide bonds. The molecular weight excluding hydrogens is 322 g/mol. The van der Waals surface area contributed by atoms with Crippen LogP contribution in [0.2, 0.25) is 0 Å². The van der Waals surface area contributed by atoms with Crippen molar-refractivity contribution in [3.63, 3.8) is 0 Å². The van der Waals surface area contributed by atoms with Gasteiger partial charge in [0.1, 0.15) is 11.3 Å². The number of carbonyl (C=O) groups excluding carboxylic acids is 1. The van der Waals surface area contributed by atoms with Gasteiger partial charge in [-0.15, -0.1) is 10.2 Å². The molecule has 2 heterocycles. The van der Waals surface area contributed by atoms with Crippen LogP contribution in [-0.4, -0.2) is 34.7 Å². The van der Waals surface area contributed by atoms with Crippen molar-refractivity contribution in [2.24, 2.45) is 5.92 Å². The normalized spacial score (nSPS) is 15.2. The van der Waals surface area contributed by atoms with E-state index < -0.39 is 0 Å². The van der Waals surface area contributed by atoms with Crippen LogP contribution in [0.1, 0.15) is 48.9 Å². The van der Waals surface area contributed by atoms with E-state index in [1.807, 2.05) is 6.07 Å². The first-order chi connectivity index (χ1) is 11.7. The Morgan fingerprint density at radius 1 is 1.33 bits per heavy atom. The second kappa shape index (κ2) is 8.19. The van der Waals surface area contributed by atoms with Gasteiger partial charge in [0, 0.05) is 19.8 Å². The predicted octanol–water partition coefficient (Wildman–Crippen LogP) is 3.59. The van der Waals surface area contributed by atoms with E-state index in [0.717, 1.165) is 18.3 Å². The molecule has 1 saturated carbocycles. The Morgan fingerprint density at radius 2 is 2.17 bits per heavy atom. The standard InChI is InChI=1S/C17H23N5OS/c1-22(10-9-13-5-3-2-4-6-13)15-8-7-14(11-18-15)16(23)20-17-21-19-12-24-17/h7-8,11-13H,2-6,9-10H2,1H3,(H,20,21,23). The minimum atomic E-state index is -0.212. The molecule has 128 valence electrons. The molecule has 0 saturated heterocycles. The molecule has 0 radical (unpaired) electrons. The van der Waals surface area contributed by atoms with E-state index in [9.17, 15) is 4.79 Å². The lowest BCUT2D eigenvalue weighted by Crippen LogP contribution is -2.23. The zero-order valence-electron chi connectivity index (χ0n) is 13.9. The lowest BCUT2D eigenvalue weighted by atomic mass is 9.87. The van der Waals surface area contributed by atoms with E-state index in [1.165, 1.54) is 49.9 Å². The molecule has 0 atom stereocenters. The number of amides is 1. The largest absolute Gasteiger partial charge is 0.360 e. The molecule has 0 bridgehead atoms. The summed E-state index contributed by atoms with van der Waals surface area (Å²) in [5.41, 5.74) is 2.10. The summed E-state index contributed by atoms with van der Waals surface area (Å²) in [5.74, 6) is 1.55. The third-order valence-electron chi connectivity index (χ3n) is 4.58. The summed E-state index contributed by atoms with van der Waals surface area (Å²) in [6, 6.07) is 3.70. The van der Waals surface area contributed by atoms with Gasteiger partial charge in [-0.2, -0.15) is 0 Å². The summed E-state index contributed by atoms with van der Waals surface area (Å²) in [7, 11) is 2.06. The minimum absolute atomic E-state index is 0.212. The lowest BCUT2D eigenvalue weighted by molar-refractivity contribution is 0.102. The summed E-state index contributed by atoms with van der Waals surface area (Å²) >= 11 is 1.29. The fourth-order valence-electron chi connectivity index (χ4n) is 3.11. The Morgan fingerprint density at radius 3 is 2.83 bits per heavy atom. The van der Waals surface area contributed by atoms with Crippen LogP contribution in [-0.2, 0) is 0 Å². The van der Waals surface area contributed by atoms with Crippen molar-refractivity contribution in [2.75, 3.05) is 23.8 Å². The van der Waals surface area contributed by atoms with Crippen LogP contribution in [0.25, 0.3) is 0 Å². The summed E-state index contributed by atoms with van der Waals surface area (Å²) in [4.78, 5) is 18.7. The van der Waals surface area contributed by atoms with Gasteiger partial charge < -0.3 is 4.90 Å². The Balaban J connectivity index is 1.52. The van der Waals surface area contributed by atoms with Crippen LogP contribution in [0.3, 0.4) is 0 Å². The summed E-state index contributed by atoms with van der Waals surface area (Å²) in [6.07, 6.45) is 9.73. The number of rotatable bonds is 6. The number of hydrogen-bond donors (Lipinski definition) is 1. The van der Waals surface area contributed by atoms with Gasteiger partial charge >= 0.3 is 0 Å². The third kappa shape index (κ3) is 4.50. The number of nitrogens with one attached hydrogen (secondary N) is 1. The highest BCUT2D eigenvalue weighted by Gasteiger charge is 2.15. The first-order valence-corrected chi connectivity index (χ1v) is 9.35. The highest BCUT2D eigenvalue weighted by Crippen LogP contribution is 2.26. The van der Waals surface area contributed by atoms with Crippen molar-refractivity contribution >= 4 is 28.2 Å². The predicted molar refractivity (Wildman–Crippen MR) is 96.6 cm³/mol. The molecule has 1 fully saturated rings. The zero-order chi connectivity index (χ0) is 16.8. The van der Waals surface area contributed by atoms with E-state index >= 15 is 0 Å². The lowest BCUT2D eigenvalue weighted by Gasteiger charge is -2.25. The maximum absolute atomic E-state index is 12.1. The van der Waals surface area contributed by atoms with Crippen molar-refractivity contribution in [3.05, 3.63) is 29.4 Å². The van der Waals surface area contributed by atoms with Gasteiger partial charge in [-0.1, -0.05) is 43.4 Å². The molecular formula is C17H23N5OS. The van der Waals surface area contributed by atoms with Gasteiger partial charge in [0.05, 0.1) is 5.56 Å². The Hall–Kier alpha value is -2.02. The molecule has 1 aliphatic carbocycles. The Labute approximate surface area is 146 Å². The molecule has 3 rings (SSSR count). The molecule has 0 unspecified atom stereocenters. The van der Waals surface area contributed by atoms with Gasteiger partial charge in [0.25, 0.3) is 5.91 Å². The number of aromatic nitrogens is 3. The average Bonchev–Trinajstić information content (AvgIpc) is 3.13. The monoisotopic (exact) mass is 345 g/mol. The second-order valence-corrected chi connectivity index (χ2v) is 7.15. The van der Waals surface area contributed by atoms with Gasteiger partial charge in [0.15, 0.2) is 0 Å². The summed E-state index contributed by atoms with van der Waals surface area (Å²) in [6.45, 7) is 1.01. The van der Waals surface area contributed by atoms with Crippen LogP contribution in [0, 0.1) is 5.92 Å². The molecule has 2 aromatic heterocycles. The van der Waals surface area contributed by atoms with Gasteiger partial charge in [0.2, 0.25) is 5.13 Å². The van der Waals surface area contributed by atoms with Gasteiger partial charge in [-0.3, -0.25) is 10.1 Å². The smallest absolute Gasteiger partial charge is 0.259 e. The van der Waals surface area contributed by atoms with Crippen molar-refractivity contribution in [1.82, 2.24) is 15.2 Å². The van der Waals surface area contributed by atoms with E-state index in [-0.39, 0.29) is 5.91 Å². The van der Waals surface area contributed by atoms with Gasteiger partial charge in [-0.25, -0.2) is 4.98 Å². The molecule has 1 aliphatic rings. The molecule has 0 spiro atoms. The molecule has 2 aromatic rings. The number of pyridine rings is 1. The van der Waals surface area contributed by atoms with Gasteiger partial charge in [-0.05, 0) is 24.5 Å².